The van der Waals surface area contributed by atoms with Crippen molar-refractivity contribution in [1.82, 2.24) is 20.9 Å². The van der Waals surface area contributed by atoms with Gasteiger partial charge in [-0.15, -0.1) is 0 Å². The van der Waals surface area contributed by atoms with Gasteiger partial charge in [0.25, 0.3) is 0 Å². The van der Waals surface area contributed by atoms with Gasteiger partial charge in [-0.3, -0.25) is 14.4 Å². The number of likely N-dealkylation sites (tertiary alicyclic amines) is 1. The first-order chi connectivity index (χ1) is 17.4. The number of halogens is 1. The minimum absolute atomic E-state index is 0.188. The predicted molar refractivity (Wildman–Crippen MR) is 141 cm³/mol. The summed E-state index contributed by atoms with van der Waals surface area (Å²) in [5.74, 6) is -0.727. The summed E-state index contributed by atoms with van der Waals surface area (Å²) >= 11 is 1.59. The molecule has 2 rings (SSSR count). The number of alkyl carbamates (subject to hydrolysis) is 1. The third-order valence-corrected chi connectivity index (χ3v) is 6.55. The minimum Gasteiger partial charge on any atom is -0.444 e. The summed E-state index contributed by atoms with van der Waals surface area (Å²) < 4.78 is 18.3. The van der Waals surface area contributed by atoms with Crippen molar-refractivity contribution in [2.24, 2.45) is 5.92 Å². The van der Waals surface area contributed by atoms with Crippen molar-refractivity contribution in [3.8, 4) is 0 Å². The number of thioether (sulfide) groups is 1. The van der Waals surface area contributed by atoms with Gasteiger partial charge in [0.1, 0.15) is 23.5 Å². The second kappa shape index (κ2) is 14.2. The molecule has 0 aliphatic carbocycles. The molecule has 0 aromatic heterocycles. The van der Waals surface area contributed by atoms with E-state index in [-0.39, 0.29) is 36.0 Å². The second-order valence-corrected chi connectivity index (χ2v) is 11.1. The number of benzene rings is 1. The molecule has 0 unspecified atom stereocenters. The molecule has 1 fully saturated rings. The maximum Gasteiger partial charge on any atom is 0.408 e. The fourth-order valence-corrected chi connectivity index (χ4v) is 4.34. The number of nitrogens with one attached hydrogen (secondary N) is 3. The van der Waals surface area contributed by atoms with Crippen LogP contribution in [0.15, 0.2) is 24.3 Å². The summed E-state index contributed by atoms with van der Waals surface area (Å²) in [6.45, 7) is 7.89. The Morgan fingerprint density at radius 2 is 1.73 bits per heavy atom. The highest BCUT2D eigenvalue weighted by molar-refractivity contribution is 7.98. The Morgan fingerprint density at radius 1 is 1.11 bits per heavy atom. The number of carbonyl (C=O) groups is 4. The maximum absolute atomic E-state index is 13.1. The number of ether oxygens (including phenoxy) is 1. The fourth-order valence-electron chi connectivity index (χ4n) is 3.87. The van der Waals surface area contributed by atoms with Crippen LogP contribution in [-0.2, 0) is 25.7 Å². The smallest absolute Gasteiger partial charge is 0.408 e. The highest BCUT2D eigenvalue weighted by Crippen LogP contribution is 2.19. The van der Waals surface area contributed by atoms with Gasteiger partial charge in [-0.2, -0.15) is 11.8 Å². The van der Waals surface area contributed by atoms with Crippen LogP contribution in [0.5, 0.6) is 0 Å². The van der Waals surface area contributed by atoms with E-state index in [1.165, 1.54) is 12.1 Å². The zero-order chi connectivity index (χ0) is 27.6. The summed E-state index contributed by atoms with van der Waals surface area (Å²) in [6.07, 6.45) is 2.70. The van der Waals surface area contributed by atoms with Gasteiger partial charge in [-0.05, 0) is 76.7 Å². The zero-order valence-corrected chi connectivity index (χ0v) is 23.1. The van der Waals surface area contributed by atoms with Gasteiger partial charge in [0.05, 0.1) is 0 Å². The monoisotopic (exact) mass is 538 g/mol. The van der Waals surface area contributed by atoms with Gasteiger partial charge in [0.2, 0.25) is 17.7 Å². The minimum atomic E-state index is -0.735. The molecule has 11 heteroatoms. The fraction of sp³-hybridized carbons (Fsp3) is 0.615. The third-order valence-electron chi connectivity index (χ3n) is 5.91. The number of hydrogen-bond acceptors (Lipinski definition) is 6. The molecule has 0 spiro atoms. The summed E-state index contributed by atoms with van der Waals surface area (Å²) in [5, 5.41) is 8.17. The van der Waals surface area contributed by atoms with E-state index < -0.39 is 23.8 Å². The molecular weight excluding hydrogens is 499 g/mol. The highest BCUT2D eigenvalue weighted by atomic mass is 32.2. The number of hydrogen-bond donors (Lipinski definition) is 3. The molecule has 9 nitrogen and oxygen atoms in total. The van der Waals surface area contributed by atoms with Crippen molar-refractivity contribution in [3.05, 3.63) is 35.6 Å². The van der Waals surface area contributed by atoms with Gasteiger partial charge < -0.3 is 25.6 Å². The molecule has 206 valence electrons. The maximum atomic E-state index is 13.1. The molecule has 37 heavy (non-hydrogen) atoms. The van der Waals surface area contributed by atoms with E-state index in [0.29, 0.717) is 38.1 Å². The number of piperidine rings is 1. The summed E-state index contributed by atoms with van der Waals surface area (Å²) in [7, 11) is 0. The number of nitrogens with zero attached hydrogens (tertiary/aromatic N) is 1. The Balaban J connectivity index is 1.82. The Morgan fingerprint density at radius 3 is 2.30 bits per heavy atom. The average molecular weight is 539 g/mol. The standard InChI is InChI=1S/C26H39FN4O5S/c1-17(22(32)28-16-18-6-8-20(27)9-7-18)29-23(33)19-10-13-31(14-11-19)24(34)21(12-15-37-5)30-25(35)36-26(2,3)4/h6-9,17,19,21H,10-16H2,1-5H3,(H,28,32)(H,29,33)(H,30,35)/t17-,21-/m0/s1. The van der Waals surface area contributed by atoms with Crippen molar-refractivity contribution in [3.63, 3.8) is 0 Å². The number of amides is 4. The number of carbonyl (C=O) groups excluding carboxylic acids is 4. The van der Waals surface area contributed by atoms with Gasteiger partial charge in [0, 0.05) is 25.6 Å². The molecule has 0 saturated carbocycles. The van der Waals surface area contributed by atoms with Crippen LogP contribution in [0.4, 0.5) is 9.18 Å². The predicted octanol–water partition coefficient (Wildman–Crippen LogP) is 2.83. The van der Waals surface area contributed by atoms with Crippen LogP contribution in [0.3, 0.4) is 0 Å². The van der Waals surface area contributed by atoms with E-state index in [9.17, 15) is 23.6 Å². The Kier molecular flexibility index (Phi) is 11.7. The van der Waals surface area contributed by atoms with Crippen molar-refractivity contribution >= 4 is 35.6 Å². The molecule has 1 saturated heterocycles. The molecule has 2 atom stereocenters. The van der Waals surface area contributed by atoms with Crippen molar-refractivity contribution < 1.29 is 28.3 Å². The lowest BCUT2D eigenvalue weighted by Crippen LogP contribution is -2.53. The van der Waals surface area contributed by atoms with E-state index in [4.69, 9.17) is 4.74 Å². The normalized spacial score (nSPS) is 15.9. The van der Waals surface area contributed by atoms with Crippen molar-refractivity contribution in [1.29, 1.82) is 0 Å². The van der Waals surface area contributed by atoms with E-state index in [0.717, 1.165) is 5.56 Å². The first-order valence-corrected chi connectivity index (χ1v) is 13.9. The molecule has 3 N–H and O–H groups in total. The summed E-state index contributed by atoms with van der Waals surface area (Å²) in [4.78, 5) is 52.2. The quantitative estimate of drug-likeness (QED) is 0.422. The highest BCUT2D eigenvalue weighted by Gasteiger charge is 2.33. The van der Waals surface area contributed by atoms with E-state index in [1.54, 1.807) is 56.5 Å². The molecule has 4 amide bonds. The average Bonchev–Trinajstić information content (AvgIpc) is 2.84. The summed E-state index contributed by atoms with van der Waals surface area (Å²) in [6, 6.07) is 4.38. The van der Waals surface area contributed by atoms with E-state index >= 15 is 0 Å². The van der Waals surface area contributed by atoms with Crippen molar-refractivity contribution in [2.45, 2.75) is 71.2 Å². The Labute approximate surface area is 222 Å². The van der Waals surface area contributed by atoms with Crippen LogP contribution in [-0.4, -0.2) is 71.5 Å². The molecule has 1 aliphatic heterocycles. The topological polar surface area (TPSA) is 117 Å². The largest absolute Gasteiger partial charge is 0.444 e. The lowest BCUT2D eigenvalue weighted by molar-refractivity contribution is -0.138. The number of rotatable bonds is 10. The van der Waals surface area contributed by atoms with Gasteiger partial charge in [-0.1, -0.05) is 12.1 Å². The molecule has 0 radical (unpaired) electrons. The Bertz CT molecular complexity index is 930. The molecular formula is C26H39FN4O5S. The Hall–Kier alpha value is -2.82. The van der Waals surface area contributed by atoms with Crippen LogP contribution in [0.1, 0.15) is 52.5 Å². The van der Waals surface area contributed by atoms with Gasteiger partial charge in [-0.25, -0.2) is 9.18 Å². The van der Waals surface area contributed by atoms with Gasteiger partial charge >= 0.3 is 6.09 Å². The van der Waals surface area contributed by atoms with Crippen LogP contribution < -0.4 is 16.0 Å². The third kappa shape index (κ3) is 10.6. The first kappa shape index (κ1) is 30.4. The molecule has 1 aliphatic rings. The van der Waals surface area contributed by atoms with E-state index in [1.807, 2.05) is 6.26 Å². The van der Waals surface area contributed by atoms with Crippen LogP contribution in [0.2, 0.25) is 0 Å². The summed E-state index contributed by atoms with van der Waals surface area (Å²) in [5.41, 5.74) is 0.0834. The second-order valence-electron chi connectivity index (χ2n) is 10.2. The first-order valence-electron chi connectivity index (χ1n) is 12.5. The molecule has 1 heterocycles. The SMILES string of the molecule is CSCC[C@H](NC(=O)OC(C)(C)C)C(=O)N1CCC(C(=O)N[C@@H](C)C(=O)NCc2ccc(F)cc2)CC1. The molecule has 1 aromatic carbocycles. The zero-order valence-electron chi connectivity index (χ0n) is 22.3. The molecule has 0 bridgehead atoms. The van der Waals surface area contributed by atoms with Crippen LogP contribution in [0.25, 0.3) is 0 Å². The van der Waals surface area contributed by atoms with Gasteiger partial charge in [0.15, 0.2) is 0 Å². The lowest BCUT2D eigenvalue weighted by atomic mass is 9.95. The lowest BCUT2D eigenvalue weighted by Gasteiger charge is -2.34. The van der Waals surface area contributed by atoms with Crippen LogP contribution >= 0.6 is 11.8 Å². The molecule has 1 aromatic rings. The van der Waals surface area contributed by atoms with Crippen molar-refractivity contribution in [2.75, 3.05) is 25.1 Å². The van der Waals surface area contributed by atoms with Crippen LogP contribution in [0, 0.1) is 11.7 Å². The van der Waals surface area contributed by atoms with E-state index in [2.05, 4.69) is 16.0 Å².